The van der Waals surface area contributed by atoms with Crippen molar-refractivity contribution in [2.24, 2.45) is 11.8 Å². The summed E-state index contributed by atoms with van der Waals surface area (Å²) in [5.74, 6) is 3.33. The van der Waals surface area contributed by atoms with Crippen molar-refractivity contribution in [2.75, 3.05) is 11.5 Å². The van der Waals surface area contributed by atoms with E-state index in [0.717, 1.165) is 16.5 Å². The van der Waals surface area contributed by atoms with Gasteiger partial charge in [-0.05, 0) is 17.6 Å². The largest absolute Gasteiger partial charge is 0.260 e. The van der Waals surface area contributed by atoms with E-state index in [4.69, 9.17) is 0 Å². The fourth-order valence-electron chi connectivity index (χ4n) is 1.01. The van der Waals surface area contributed by atoms with Crippen LogP contribution in [0.4, 0.5) is 0 Å². The molecule has 0 fully saturated rings. The van der Waals surface area contributed by atoms with Gasteiger partial charge < -0.3 is 0 Å². The molecule has 0 saturated carbocycles. The Morgan fingerprint density at radius 2 is 2.21 bits per heavy atom. The van der Waals surface area contributed by atoms with E-state index in [1.807, 2.05) is 0 Å². The molecule has 0 aliphatic rings. The van der Waals surface area contributed by atoms with Gasteiger partial charge in [-0.2, -0.15) is 12.6 Å². The molecule has 1 unspecified atom stereocenters. The van der Waals surface area contributed by atoms with E-state index in [1.165, 1.54) is 0 Å². The van der Waals surface area contributed by atoms with Crippen molar-refractivity contribution >= 4 is 24.4 Å². The molecule has 4 heteroatoms. The second kappa shape index (κ2) is 6.30. The smallest absolute Gasteiger partial charge is 0.114 e. The van der Waals surface area contributed by atoms with E-state index < -0.39 is 0 Å². The fraction of sp³-hybridized carbons (Fsp3) is 0.600. The van der Waals surface area contributed by atoms with Gasteiger partial charge in [0.15, 0.2) is 0 Å². The number of nitrogens with zero attached hydrogens (tertiary/aromatic N) is 2. The Morgan fingerprint density at radius 1 is 1.43 bits per heavy atom. The van der Waals surface area contributed by atoms with Gasteiger partial charge in [0.2, 0.25) is 0 Å². The van der Waals surface area contributed by atoms with Gasteiger partial charge >= 0.3 is 0 Å². The minimum atomic E-state index is 0.644. The molecule has 14 heavy (non-hydrogen) atoms. The molecule has 0 aromatic carbocycles. The maximum atomic E-state index is 4.35. The van der Waals surface area contributed by atoms with Gasteiger partial charge in [0.25, 0.3) is 0 Å². The Hall–Kier alpha value is -0.220. The Balaban J connectivity index is 2.40. The second-order valence-corrected chi connectivity index (χ2v) is 4.95. The zero-order chi connectivity index (χ0) is 10.4. The molecular weight excluding hydrogens is 212 g/mol. The predicted octanol–water partition coefficient (Wildman–Crippen LogP) is 2.77. The summed E-state index contributed by atoms with van der Waals surface area (Å²) >= 11 is 6.11. The average molecular weight is 228 g/mol. The predicted molar refractivity (Wildman–Crippen MR) is 64.9 cm³/mol. The molecule has 1 heterocycles. The summed E-state index contributed by atoms with van der Waals surface area (Å²) in [6.45, 7) is 4.47. The molecule has 0 aliphatic heterocycles. The molecule has 1 atom stereocenters. The summed E-state index contributed by atoms with van der Waals surface area (Å²) in [7, 11) is 0. The van der Waals surface area contributed by atoms with E-state index in [0.29, 0.717) is 11.8 Å². The second-order valence-electron chi connectivity index (χ2n) is 3.54. The highest BCUT2D eigenvalue weighted by Gasteiger charge is 2.11. The molecule has 0 amide bonds. The summed E-state index contributed by atoms with van der Waals surface area (Å²) in [6.07, 6.45) is 5.23. The molecule has 0 bridgehead atoms. The molecule has 0 N–H and O–H groups in total. The first-order valence-electron chi connectivity index (χ1n) is 4.73. The molecular formula is C10H16N2S2. The van der Waals surface area contributed by atoms with Crippen LogP contribution >= 0.6 is 24.4 Å². The Labute approximate surface area is 95.3 Å². The monoisotopic (exact) mass is 228 g/mol. The highest BCUT2D eigenvalue weighted by atomic mass is 32.2. The van der Waals surface area contributed by atoms with Crippen LogP contribution < -0.4 is 0 Å². The molecule has 1 aromatic heterocycles. The van der Waals surface area contributed by atoms with Crippen LogP contribution in [0.25, 0.3) is 0 Å². The van der Waals surface area contributed by atoms with E-state index in [1.54, 1.807) is 30.4 Å². The Morgan fingerprint density at radius 3 is 2.71 bits per heavy atom. The summed E-state index contributed by atoms with van der Waals surface area (Å²) < 4.78 is 0. The standard InChI is InChI=1S/C10H16N2S2/c1-8(2)9(6-13)7-14-10-5-11-3-4-12-10/h3-5,8-9,13H,6-7H2,1-2H3. The van der Waals surface area contributed by atoms with Crippen molar-refractivity contribution in [3.63, 3.8) is 0 Å². The molecule has 0 aliphatic carbocycles. The minimum Gasteiger partial charge on any atom is -0.260 e. The lowest BCUT2D eigenvalue weighted by Gasteiger charge is -2.17. The van der Waals surface area contributed by atoms with E-state index >= 15 is 0 Å². The number of aromatic nitrogens is 2. The fourth-order valence-corrected chi connectivity index (χ4v) is 2.89. The first kappa shape index (κ1) is 11.9. The van der Waals surface area contributed by atoms with Crippen molar-refractivity contribution in [3.8, 4) is 0 Å². The Bertz CT molecular complexity index is 252. The highest BCUT2D eigenvalue weighted by molar-refractivity contribution is 7.99. The van der Waals surface area contributed by atoms with Crippen molar-refractivity contribution in [3.05, 3.63) is 18.6 Å². The first-order chi connectivity index (χ1) is 6.74. The lowest BCUT2D eigenvalue weighted by atomic mass is 10.0. The van der Waals surface area contributed by atoms with E-state index in [-0.39, 0.29) is 0 Å². The number of hydrogen-bond donors (Lipinski definition) is 1. The van der Waals surface area contributed by atoms with E-state index in [9.17, 15) is 0 Å². The van der Waals surface area contributed by atoms with Crippen molar-refractivity contribution in [1.29, 1.82) is 0 Å². The summed E-state index contributed by atoms with van der Waals surface area (Å²) in [4.78, 5) is 8.25. The molecule has 2 nitrogen and oxygen atoms in total. The molecule has 1 aromatic rings. The maximum Gasteiger partial charge on any atom is 0.114 e. The third-order valence-corrected chi connectivity index (χ3v) is 3.73. The summed E-state index contributed by atoms with van der Waals surface area (Å²) in [5, 5.41) is 1.000. The van der Waals surface area contributed by atoms with Gasteiger partial charge in [0, 0.05) is 18.1 Å². The maximum absolute atomic E-state index is 4.35. The summed E-state index contributed by atoms with van der Waals surface area (Å²) in [6, 6.07) is 0. The van der Waals surface area contributed by atoms with E-state index in [2.05, 4.69) is 36.4 Å². The molecule has 0 saturated heterocycles. The van der Waals surface area contributed by atoms with Crippen molar-refractivity contribution in [2.45, 2.75) is 18.9 Å². The number of hydrogen-bond acceptors (Lipinski definition) is 4. The zero-order valence-electron chi connectivity index (χ0n) is 8.55. The van der Waals surface area contributed by atoms with Crippen LogP contribution in [0.15, 0.2) is 23.6 Å². The SMILES string of the molecule is CC(C)C(CS)CSc1cnccn1. The van der Waals surface area contributed by atoms with Gasteiger partial charge in [-0.15, -0.1) is 11.8 Å². The van der Waals surface area contributed by atoms with Crippen LogP contribution in [0, 0.1) is 11.8 Å². The van der Waals surface area contributed by atoms with Crippen LogP contribution in [0.3, 0.4) is 0 Å². The van der Waals surface area contributed by atoms with Gasteiger partial charge in [-0.1, -0.05) is 13.8 Å². The van der Waals surface area contributed by atoms with Gasteiger partial charge in [-0.25, -0.2) is 4.98 Å². The third-order valence-electron chi connectivity index (χ3n) is 2.16. The number of rotatable bonds is 5. The third kappa shape index (κ3) is 3.88. The minimum absolute atomic E-state index is 0.644. The van der Waals surface area contributed by atoms with Crippen molar-refractivity contribution < 1.29 is 0 Å². The van der Waals surface area contributed by atoms with Crippen LogP contribution in [0.5, 0.6) is 0 Å². The molecule has 0 radical (unpaired) electrons. The topological polar surface area (TPSA) is 25.8 Å². The first-order valence-corrected chi connectivity index (χ1v) is 6.35. The molecule has 78 valence electrons. The van der Waals surface area contributed by atoms with Gasteiger partial charge in [0.1, 0.15) is 5.03 Å². The van der Waals surface area contributed by atoms with Crippen molar-refractivity contribution in [1.82, 2.24) is 9.97 Å². The number of thiol groups is 1. The van der Waals surface area contributed by atoms with Crippen LogP contribution in [0.2, 0.25) is 0 Å². The molecule has 0 spiro atoms. The lowest BCUT2D eigenvalue weighted by Crippen LogP contribution is -2.13. The molecule has 1 rings (SSSR count). The highest BCUT2D eigenvalue weighted by Crippen LogP contribution is 2.22. The Kier molecular flexibility index (Phi) is 5.33. The van der Waals surface area contributed by atoms with Crippen LogP contribution in [-0.2, 0) is 0 Å². The normalized spacial score (nSPS) is 13.1. The number of thioether (sulfide) groups is 1. The lowest BCUT2D eigenvalue weighted by molar-refractivity contribution is 0.473. The zero-order valence-corrected chi connectivity index (χ0v) is 10.3. The van der Waals surface area contributed by atoms with Gasteiger partial charge in [-0.3, -0.25) is 4.98 Å². The van der Waals surface area contributed by atoms with Crippen LogP contribution in [0.1, 0.15) is 13.8 Å². The van der Waals surface area contributed by atoms with Gasteiger partial charge in [0.05, 0.1) is 6.20 Å². The quantitative estimate of drug-likeness (QED) is 0.620. The van der Waals surface area contributed by atoms with Crippen LogP contribution in [-0.4, -0.2) is 21.5 Å². The summed E-state index contributed by atoms with van der Waals surface area (Å²) in [5.41, 5.74) is 0. The average Bonchev–Trinajstić information content (AvgIpc) is 2.20.